The van der Waals surface area contributed by atoms with Gasteiger partial charge in [-0.25, -0.2) is 4.98 Å². The molecule has 3 rings (SSSR count). The molecule has 0 aliphatic heterocycles. The van der Waals surface area contributed by atoms with Gasteiger partial charge in [-0.15, -0.1) is 11.3 Å². The summed E-state index contributed by atoms with van der Waals surface area (Å²) in [5.41, 5.74) is 3.08. The molecule has 7 heteroatoms. The molecule has 0 saturated carbocycles. The van der Waals surface area contributed by atoms with Crippen LogP contribution in [0.2, 0.25) is 10.2 Å². The number of thiazole rings is 1. The van der Waals surface area contributed by atoms with E-state index in [-0.39, 0.29) is 16.7 Å². The largest absolute Gasteiger partial charge is 0.452 e. The average Bonchev–Trinajstić information content (AvgIpc) is 3.01. The fraction of sp³-hybridized carbons (Fsp3) is 0. The second-order valence-corrected chi connectivity index (χ2v) is 5.32. The van der Waals surface area contributed by atoms with E-state index in [2.05, 4.69) is 10.3 Å². The van der Waals surface area contributed by atoms with Gasteiger partial charge < -0.3 is 9.73 Å². The van der Waals surface area contributed by atoms with Crippen LogP contribution in [0.15, 0.2) is 34.4 Å². The van der Waals surface area contributed by atoms with Crippen molar-refractivity contribution in [2.24, 2.45) is 0 Å². The van der Waals surface area contributed by atoms with E-state index in [0.29, 0.717) is 16.2 Å². The van der Waals surface area contributed by atoms with Crippen molar-refractivity contribution in [1.82, 2.24) is 4.98 Å². The molecule has 0 aliphatic rings. The molecule has 96 valence electrons. The Kier molecular flexibility index (Phi) is 3.18. The molecule has 0 spiro atoms. The number of hydrogen-bond acceptors (Lipinski definition) is 4. The lowest BCUT2D eigenvalue weighted by Gasteiger charge is -2.07. The van der Waals surface area contributed by atoms with Crippen molar-refractivity contribution < 1.29 is 9.21 Å². The Morgan fingerprint density at radius 1 is 1.32 bits per heavy atom. The minimum absolute atomic E-state index is 0.0408. The van der Waals surface area contributed by atoms with Crippen LogP contribution in [0.25, 0.3) is 10.2 Å². The predicted octanol–water partition coefficient (Wildman–Crippen LogP) is 4.45. The van der Waals surface area contributed by atoms with E-state index in [0.717, 1.165) is 4.70 Å². The summed E-state index contributed by atoms with van der Waals surface area (Å²) in [6.45, 7) is 0. The molecule has 0 aliphatic carbocycles. The van der Waals surface area contributed by atoms with E-state index in [1.807, 2.05) is 6.07 Å². The maximum atomic E-state index is 12.1. The summed E-state index contributed by atoms with van der Waals surface area (Å²) in [5, 5.41) is 3.17. The highest BCUT2D eigenvalue weighted by Crippen LogP contribution is 2.33. The van der Waals surface area contributed by atoms with Gasteiger partial charge in [-0.3, -0.25) is 4.79 Å². The third kappa shape index (κ3) is 2.20. The molecule has 0 atom stereocenters. The fourth-order valence-electron chi connectivity index (χ4n) is 1.66. The summed E-state index contributed by atoms with van der Waals surface area (Å²) in [6, 6.07) is 5.07. The van der Waals surface area contributed by atoms with Crippen LogP contribution in [0, 0.1) is 0 Å². The van der Waals surface area contributed by atoms with Crippen LogP contribution in [0.3, 0.4) is 0 Å². The highest BCUT2D eigenvalue weighted by molar-refractivity contribution is 7.16. The number of carbonyl (C=O) groups excluding carboxylic acids is 1. The quantitative estimate of drug-likeness (QED) is 0.760. The van der Waals surface area contributed by atoms with Gasteiger partial charge in [0.2, 0.25) is 5.22 Å². The SMILES string of the molecule is O=C(Nc1c(Cl)ccc2scnc12)c1ccoc1Cl. The van der Waals surface area contributed by atoms with Crippen molar-refractivity contribution in [2.45, 2.75) is 0 Å². The number of furan rings is 1. The van der Waals surface area contributed by atoms with Crippen LogP contribution in [-0.2, 0) is 0 Å². The Morgan fingerprint density at radius 3 is 2.89 bits per heavy atom. The minimum Gasteiger partial charge on any atom is -0.452 e. The molecule has 0 unspecified atom stereocenters. The maximum Gasteiger partial charge on any atom is 0.260 e. The standard InChI is InChI=1S/C12H6Cl2N2O2S/c13-7-1-2-8-10(15-5-19-8)9(7)16-12(17)6-3-4-18-11(6)14/h1-5H,(H,16,17). The summed E-state index contributed by atoms with van der Waals surface area (Å²) >= 11 is 13.3. The predicted molar refractivity (Wildman–Crippen MR) is 76.3 cm³/mol. The Morgan fingerprint density at radius 2 is 2.16 bits per heavy atom. The Balaban J connectivity index is 2.02. The van der Waals surface area contributed by atoms with E-state index >= 15 is 0 Å². The number of aromatic nitrogens is 1. The Bertz CT molecular complexity index is 766. The van der Waals surface area contributed by atoms with Gasteiger partial charge in [-0.2, -0.15) is 0 Å². The zero-order chi connectivity index (χ0) is 13.4. The molecular weight excluding hydrogens is 307 g/mol. The molecule has 0 bridgehead atoms. The van der Waals surface area contributed by atoms with Crippen molar-refractivity contribution in [1.29, 1.82) is 0 Å². The van der Waals surface area contributed by atoms with Crippen molar-refractivity contribution >= 4 is 56.3 Å². The number of amides is 1. The first-order valence-electron chi connectivity index (χ1n) is 5.23. The second-order valence-electron chi connectivity index (χ2n) is 3.68. The maximum absolute atomic E-state index is 12.1. The number of nitrogens with one attached hydrogen (secondary N) is 1. The third-order valence-corrected chi connectivity index (χ3v) is 3.95. The van der Waals surface area contributed by atoms with Gasteiger partial charge in [0, 0.05) is 0 Å². The van der Waals surface area contributed by atoms with E-state index in [1.54, 1.807) is 11.6 Å². The highest BCUT2D eigenvalue weighted by Gasteiger charge is 2.17. The van der Waals surface area contributed by atoms with Crippen LogP contribution >= 0.6 is 34.5 Å². The fourth-order valence-corrected chi connectivity index (χ4v) is 2.75. The van der Waals surface area contributed by atoms with Crippen LogP contribution in [0.4, 0.5) is 5.69 Å². The molecule has 2 aromatic heterocycles. The third-order valence-electron chi connectivity index (χ3n) is 2.55. The number of nitrogens with zero attached hydrogens (tertiary/aromatic N) is 1. The van der Waals surface area contributed by atoms with Crippen LogP contribution in [0.1, 0.15) is 10.4 Å². The second kappa shape index (κ2) is 4.85. The number of halogens is 2. The lowest BCUT2D eigenvalue weighted by molar-refractivity contribution is 0.102. The van der Waals surface area contributed by atoms with Crippen molar-refractivity contribution in [2.75, 3.05) is 5.32 Å². The highest BCUT2D eigenvalue weighted by atomic mass is 35.5. The number of benzene rings is 1. The lowest BCUT2D eigenvalue weighted by atomic mass is 10.2. The van der Waals surface area contributed by atoms with Crippen LogP contribution in [-0.4, -0.2) is 10.9 Å². The van der Waals surface area contributed by atoms with E-state index in [4.69, 9.17) is 27.6 Å². The van der Waals surface area contributed by atoms with Crippen LogP contribution < -0.4 is 5.32 Å². The zero-order valence-corrected chi connectivity index (χ0v) is 11.6. The summed E-state index contributed by atoms with van der Waals surface area (Å²) in [7, 11) is 0. The normalized spacial score (nSPS) is 10.8. The average molecular weight is 313 g/mol. The molecule has 19 heavy (non-hydrogen) atoms. The topological polar surface area (TPSA) is 55.1 Å². The first kappa shape index (κ1) is 12.5. The van der Waals surface area contributed by atoms with Crippen molar-refractivity contribution in [3.05, 3.63) is 45.8 Å². The van der Waals surface area contributed by atoms with Gasteiger partial charge in [0.05, 0.1) is 32.7 Å². The molecule has 1 amide bonds. The van der Waals surface area contributed by atoms with Gasteiger partial charge in [-0.1, -0.05) is 11.6 Å². The number of fused-ring (bicyclic) bond motifs is 1. The van der Waals surface area contributed by atoms with E-state index < -0.39 is 0 Å². The molecule has 0 saturated heterocycles. The summed E-state index contributed by atoms with van der Waals surface area (Å²) in [6.07, 6.45) is 1.35. The summed E-state index contributed by atoms with van der Waals surface area (Å²) in [4.78, 5) is 16.3. The number of anilines is 1. The van der Waals surface area contributed by atoms with Gasteiger partial charge >= 0.3 is 0 Å². The van der Waals surface area contributed by atoms with Crippen molar-refractivity contribution in [3.8, 4) is 0 Å². The number of carbonyl (C=O) groups is 1. The van der Waals surface area contributed by atoms with E-state index in [9.17, 15) is 4.79 Å². The van der Waals surface area contributed by atoms with Gasteiger partial charge in [-0.05, 0) is 29.8 Å². The van der Waals surface area contributed by atoms with Crippen LogP contribution in [0.5, 0.6) is 0 Å². The molecule has 1 N–H and O–H groups in total. The summed E-state index contributed by atoms with van der Waals surface area (Å²) < 4.78 is 5.83. The van der Waals surface area contributed by atoms with Gasteiger partial charge in [0.1, 0.15) is 5.52 Å². The lowest BCUT2D eigenvalue weighted by Crippen LogP contribution is -2.12. The molecule has 3 aromatic rings. The van der Waals surface area contributed by atoms with Gasteiger partial charge in [0.15, 0.2) is 0 Å². The molecule has 2 heterocycles. The number of hydrogen-bond donors (Lipinski definition) is 1. The number of rotatable bonds is 2. The Labute approximate surface area is 122 Å². The molecule has 1 aromatic carbocycles. The van der Waals surface area contributed by atoms with Crippen molar-refractivity contribution in [3.63, 3.8) is 0 Å². The Hall–Kier alpha value is -1.56. The zero-order valence-electron chi connectivity index (χ0n) is 9.31. The molecular formula is C12H6Cl2N2O2S. The smallest absolute Gasteiger partial charge is 0.260 e. The summed E-state index contributed by atoms with van der Waals surface area (Å²) in [5.74, 6) is -0.388. The molecule has 4 nitrogen and oxygen atoms in total. The molecule has 0 fully saturated rings. The first-order chi connectivity index (χ1) is 9.16. The van der Waals surface area contributed by atoms with Gasteiger partial charge in [0.25, 0.3) is 5.91 Å². The minimum atomic E-state index is -0.388. The first-order valence-corrected chi connectivity index (χ1v) is 6.86. The molecule has 0 radical (unpaired) electrons. The van der Waals surface area contributed by atoms with E-state index in [1.165, 1.54) is 23.7 Å². The monoisotopic (exact) mass is 312 g/mol.